The molecule has 1 unspecified atom stereocenters. The quantitative estimate of drug-likeness (QED) is 0.381. The van der Waals surface area contributed by atoms with Crippen molar-refractivity contribution in [1.82, 2.24) is 5.32 Å². The van der Waals surface area contributed by atoms with Gasteiger partial charge < -0.3 is 10.1 Å². The molecule has 3 aromatic rings. The topological polar surface area (TPSA) is 75.7 Å². The first kappa shape index (κ1) is 27.8. The number of carbonyl (C=O) groups is 1. The highest BCUT2D eigenvalue weighted by Gasteiger charge is 2.37. The zero-order valence-electron chi connectivity index (χ0n) is 20.8. The maximum Gasteiger partial charge on any atom is 0.417 e. The molecule has 1 N–H and O–H groups in total. The van der Waals surface area contributed by atoms with Crippen LogP contribution >= 0.6 is 11.6 Å². The van der Waals surface area contributed by atoms with Gasteiger partial charge >= 0.3 is 6.18 Å². The summed E-state index contributed by atoms with van der Waals surface area (Å²) in [5.41, 5.74) is -0.486. The number of aryl methyl sites for hydroxylation is 1. The first-order chi connectivity index (χ1) is 17.7. The van der Waals surface area contributed by atoms with Crippen LogP contribution in [-0.4, -0.2) is 26.5 Å². The summed E-state index contributed by atoms with van der Waals surface area (Å²) >= 11 is 5.76. The van der Waals surface area contributed by atoms with Crippen LogP contribution in [0, 0.1) is 6.92 Å². The predicted molar refractivity (Wildman–Crippen MR) is 139 cm³/mol. The van der Waals surface area contributed by atoms with E-state index in [0.29, 0.717) is 22.5 Å². The van der Waals surface area contributed by atoms with E-state index < -0.39 is 50.9 Å². The molecular formula is C27H26ClF3N2O4S. The van der Waals surface area contributed by atoms with Crippen LogP contribution in [0.5, 0.6) is 5.75 Å². The summed E-state index contributed by atoms with van der Waals surface area (Å²) in [4.78, 5) is 13.1. The van der Waals surface area contributed by atoms with Crippen LogP contribution in [0.1, 0.15) is 43.0 Å². The van der Waals surface area contributed by atoms with E-state index in [-0.39, 0.29) is 10.6 Å². The average molecular weight is 567 g/mol. The minimum atomic E-state index is -4.83. The fourth-order valence-electron chi connectivity index (χ4n) is 4.39. The van der Waals surface area contributed by atoms with E-state index in [1.54, 1.807) is 6.07 Å². The molecule has 0 radical (unpaired) electrons. The van der Waals surface area contributed by atoms with Crippen molar-refractivity contribution in [3.63, 3.8) is 0 Å². The number of carbonyl (C=O) groups excluding carboxylic acids is 1. The Morgan fingerprint density at radius 3 is 2.45 bits per heavy atom. The molecule has 0 spiro atoms. The zero-order valence-corrected chi connectivity index (χ0v) is 22.4. The molecule has 1 aliphatic rings. The Hall–Kier alpha value is -3.24. The number of rotatable bonds is 6. The van der Waals surface area contributed by atoms with E-state index in [9.17, 15) is 26.4 Å². The molecule has 0 saturated heterocycles. The molecule has 6 nitrogen and oxygen atoms in total. The molecular weight excluding hydrogens is 541 g/mol. The Labute approximate surface area is 224 Å². The number of hydrogen-bond acceptors (Lipinski definition) is 4. The van der Waals surface area contributed by atoms with Gasteiger partial charge in [-0.1, -0.05) is 47.5 Å². The number of halogens is 4. The normalized spacial score (nSPS) is 16.8. The van der Waals surface area contributed by atoms with E-state index in [4.69, 9.17) is 16.3 Å². The Kier molecular flexibility index (Phi) is 7.42. The fourth-order valence-corrected chi connectivity index (χ4v) is 6.05. The van der Waals surface area contributed by atoms with E-state index >= 15 is 0 Å². The summed E-state index contributed by atoms with van der Waals surface area (Å²) in [6.07, 6.45) is -4.42. The van der Waals surface area contributed by atoms with Crippen molar-refractivity contribution in [2.24, 2.45) is 0 Å². The number of alkyl halides is 3. The van der Waals surface area contributed by atoms with Crippen molar-refractivity contribution < 1.29 is 31.1 Å². The van der Waals surface area contributed by atoms with Crippen molar-refractivity contribution >= 4 is 33.2 Å². The average Bonchev–Trinajstić information content (AvgIpc) is 2.83. The molecule has 38 heavy (non-hydrogen) atoms. The number of nitrogens with zero attached hydrogens (tertiary/aromatic N) is 1. The Morgan fingerprint density at radius 2 is 1.79 bits per heavy atom. The summed E-state index contributed by atoms with van der Waals surface area (Å²) in [6, 6.07) is 15.0. The van der Waals surface area contributed by atoms with Gasteiger partial charge in [-0.05, 0) is 57.2 Å². The molecule has 1 aliphatic heterocycles. The first-order valence-corrected chi connectivity index (χ1v) is 13.5. The van der Waals surface area contributed by atoms with E-state index in [2.05, 4.69) is 5.32 Å². The van der Waals surface area contributed by atoms with Crippen molar-refractivity contribution in [2.75, 3.05) is 10.8 Å². The van der Waals surface area contributed by atoms with E-state index in [0.717, 1.165) is 23.3 Å². The molecule has 0 aliphatic carbocycles. The number of amides is 1. The fraction of sp³-hybridized carbons (Fsp3) is 0.296. The smallest absolute Gasteiger partial charge is 0.417 e. The lowest BCUT2D eigenvalue weighted by atomic mass is 9.89. The monoisotopic (exact) mass is 566 g/mol. The minimum Gasteiger partial charge on any atom is -0.487 e. The Balaban J connectivity index is 1.72. The third-order valence-electron chi connectivity index (χ3n) is 6.12. The number of fused-ring (bicyclic) bond motifs is 1. The maximum absolute atomic E-state index is 13.6. The Bertz CT molecular complexity index is 1460. The second kappa shape index (κ2) is 10.1. The highest BCUT2D eigenvalue weighted by molar-refractivity contribution is 7.92. The van der Waals surface area contributed by atoms with Gasteiger partial charge in [-0.3, -0.25) is 9.10 Å². The maximum atomic E-state index is 13.6. The molecule has 1 heterocycles. The number of nitrogens with one attached hydrogen (secondary N) is 1. The van der Waals surface area contributed by atoms with Crippen LogP contribution < -0.4 is 14.4 Å². The molecule has 0 saturated carbocycles. The van der Waals surface area contributed by atoms with Crippen LogP contribution in [0.3, 0.4) is 0 Å². The van der Waals surface area contributed by atoms with Gasteiger partial charge in [0.1, 0.15) is 17.9 Å². The summed E-state index contributed by atoms with van der Waals surface area (Å²) in [7, 11) is -4.42. The molecule has 11 heteroatoms. The lowest BCUT2D eigenvalue weighted by Gasteiger charge is -2.38. The van der Waals surface area contributed by atoms with Gasteiger partial charge in [-0.15, -0.1) is 0 Å². The van der Waals surface area contributed by atoms with Crippen LogP contribution in [-0.2, 0) is 21.0 Å². The van der Waals surface area contributed by atoms with Gasteiger partial charge in [0.2, 0.25) is 5.91 Å². The van der Waals surface area contributed by atoms with Crippen molar-refractivity contribution in [3.8, 4) is 5.75 Å². The van der Waals surface area contributed by atoms with Crippen LogP contribution in [0.25, 0.3) is 0 Å². The second-order valence-corrected chi connectivity index (χ2v) is 12.0. The summed E-state index contributed by atoms with van der Waals surface area (Å²) in [5.74, 6) is -0.0957. The number of benzene rings is 3. The third-order valence-corrected chi connectivity index (χ3v) is 8.24. The van der Waals surface area contributed by atoms with Crippen molar-refractivity contribution in [3.05, 3.63) is 88.4 Å². The number of hydrogen-bond donors (Lipinski definition) is 1. The highest BCUT2D eigenvalue weighted by atomic mass is 35.5. The first-order valence-electron chi connectivity index (χ1n) is 11.7. The second-order valence-electron chi connectivity index (χ2n) is 9.71. The number of ether oxygens (including phenoxy) is 1. The molecule has 0 bridgehead atoms. The zero-order chi connectivity index (χ0) is 27.9. The summed E-state index contributed by atoms with van der Waals surface area (Å²) in [6.45, 7) is 4.88. The number of sulfonamides is 1. The number of anilines is 1. The highest BCUT2D eigenvalue weighted by Crippen LogP contribution is 2.40. The SMILES string of the molecule is Cc1ccc2c(c1)C(NC(=O)CN(c1ccc(Cl)c(C(F)(F)F)c1)S(=O)(=O)c1ccccc1)CC(C)(C)O2. The van der Waals surface area contributed by atoms with Crippen LogP contribution in [0.15, 0.2) is 71.6 Å². The Morgan fingerprint density at radius 1 is 1.11 bits per heavy atom. The third kappa shape index (κ3) is 5.91. The van der Waals surface area contributed by atoms with Crippen molar-refractivity contribution in [2.45, 2.75) is 49.9 Å². The lowest BCUT2D eigenvalue weighted by Crippen LogP contribution is -2.45. The molecule has 4 rings (SSSR count). The lowest BCUT2D eigenvalue weighted by molar-refractivity contribution is -0.137. The molecule has 202 valence electrons. The molecule has 0 aromatic heterocycles. The van der Waals surface area contributed by atoms with E-state index in [1.165, 1.54) is 24.3 Å². The van der Waals surface area contributed by atoms with E-state index in [1.807, 2.05) is 39.0 Å². The van der Waals surface area contributed by atoms with Gasteiger partial charge in [0.25, 0.3) is 10.0 Å². The van der Waals surface area contributed by atoms with Gasteiger partial charge in [-0.2, -0.15) is 13.2 Å². The molecule has 1 amide bonds. The largest absolute Gasteiger partial charge is 0.487 e. The minimum absolute atomic E-state index is 0.176. The predicted octanol–water partition coefficient (Wildman–Crippen LogP) is 6.28. The van der Waals surface area contributed by atoms with Gasteiger partial charge in [0.05, 0.1) is 27.2 Å². The van der Waals surface area contributed by atoms with Crippen LogP contribution in [0.2, 0.25) is 5.02 Å². The van der Waals surface area contributed by atoms with Gasteiger partial charge in [-0.25, -0.2) is 8.42 Å². The van der Waals surface area contributed by atoms with Crippen LogP contribution in [0.4, 0.5) is 18.9 Å². The standard InChI is InChI=1S/C27H26ClF3N2O4S/c1-17-9-12-24-20(13-17)23(15-26(2,3)37-24)32-25(34)16-33(38(35,36)19-7-5-4-6-8-19)18-10-11-22(28)21(14-18)27(29,30)31/h4-14,23H,15-16H2,1-3H3,(H,32,34). The molecule has 1 atom stereocenters. The summed E-state index contributed by atoms with van der Waals surface area (Å²) in [5, 5.41) is 2.28. The van der Waals surface area contributed by atoms with Crippen molar-refractivity contribution in [1.29, 1.82) is 0 Å². The summed E-state index contributed by atoms with van der Waals surface area (Å²) < 4.78 is 74.6. The molecule has 3 aromatic carbocycles. The van der Waals surface area contributed by atoms with Gasteiger partial charge in [0.15, 0.2) is 0 Å². The molecule has 0 fully saturated rings. The van der Waals surface area contributed by atoms with Gasteiger partial charge in [0, 0.05) is 12.0 Å².